The van der Waals surface area contributed by atoms with Gasteiger partial charge in [-0.3, -0.25) is 14.7 Å². The van der Waals surface area contributed by atoms with Gasteiger partial charge in [-0.25, -0.2) is 0 Å². The zero-order valence-electron chi connectivity index (χ0n) is 15.3. The molecule has 1 aromatic rings. The van der Waals surface area contributed by atoms with Crippen LogP contribution in [-0.2, 0) is 11.3 Å². The number of fused-ring (bicyclic) bond motifs is 1. The van der Waals surface area contributed by atoms with Crippen LogP contribution in [0.2, 0.25) is 0 Å². The Bertz CT molecular complexity index is 587. The van der Waals surface area contributed by atoms with E-state index in [1.54, 1.807) is 6.92 Å². The topological polar surface area (TPSA) is 68.7 Å². The predicted molar refractivity (Wildman–Crippen MR) is 98.4 cm³/mol. The minimum atomic E-state index is 0.0710. The molecule has 1 aromatic heterocycles. The van der Waals surface area contributed by atoms with Crippen molar-refractivity contribution in [2.75, 3.05) is 25.1 Å². The summed E-state index contributed by atoms with van der Waals surface area (Å²) in [6, 6.07) is 5.05. The lowest BCUT2D eigenvalue weighted by Gasteiger charge is -2.41. The van der Waals surface area contributed by atoms with E-state index in [1.807, 2.05) is 12.3 Å². The van der Waals surface area contributed by atoms with E-state index < -0.39 is 0 Å². The van der Waals surface area contributed by atoms with Crippen LogP contribution in [-0.4, -0.2) is 59.2 Å². The number of hydrogen-bond acceptors (Lipinski definition) is 5. The largest absolute Gasteiger partial charge is 0.394 e. The molecule has 0 bridgehead atoms. The maximum Gasteiger partial charge on any atom is 0.217 e. The summed E-state index contributed by atoms with van der Waals surface area (Å²) < 4.78 is 0. The molecule has 1 aliphatic heterocycles. The molecule has 6 heteroatoms. The third-order valence-electron chi connectivity index (χ3n) is 5.73. The Balaban J connectivity index is 1.71. The highest BCUT2D eigenvalue weighted by Gasteiger charge is 2.30. The number of amides is 1. The number of carbonyl (C=O) groups is 1. The molecule has 0 saturated heterocycles. The van der Waals surface area contributed by atoms with Crippen LogP contribution in [0.15, 0.2) is 18.3 Å². The number of likely N-dealkylation sites (N-methyl/N-ethyl adjacent to an activating group) is 1. The Morgan fingerprint density at radius 3 is 2.76 bits per heavy atom. The molecule has 1 fully saturated rings. The zero-order chi connectivity index (χ0) is 17.8. The number of anilines is 1. The minimum Gasteiger partial charge on any atom is -0.394 e. The monoisotopic (exact) mass is 346 g/mol. The number of aromatic nitrogens is 1. The quantitative estimate of drug-likeness (QED) is 0.869. The number of pyridine rings is 1. The molecule has 1 atom stereocenters. The van der Waals surface area contributed by atoms with Crippen molar-refractivity contribution in [3.63, 3.8) is 0 Å². The molecule has 1 amide bonds. The van der Waals surface area contributed by atoms with E-state index in [0.717, 1.165) is 56.6 Å². The third-order valence-corrected chi connectivity index (χ3v) is 5.73. The van der Waals surface area contributed by atoms with Crippen LogP contribution < -0.4 is 10.2 Å². The highest BCUT2D eigenvalue weighted by atomic mass is 16.3. The molecule has 138 valence electrons. The van der Waals surface area contributed by atoms with Gasteiger partial charge in [-0.15, -0.1) is 0 Å². The maximum atomic E-state index is 11.3. The first-order chi connectivity index (χ1) is 12.1. The van der Waals surface area contributed by atoms with Crippen LogP contribution in [0.25, 0.3) is 0 Å². The fourth-order valence-electron chi connectivity index (χ4n) is 4.25. The molecule has 2 N–H and O–H groups in total. The van der Waals surface area contributed by atoms with Gasteiger partial charge in [0.2, 0.25) is 5.91 Å². The van der Waals surface area contributed by atoms with Crippen molar-refractivity contribution in [2.45, 2.75) is 63.7 Å². The van der Waals surface area contributed by atoms with Crippen LogP contribution in [0.1, 0.15) is 44.7 Å². The van der Waals surface area contributed by atoms with Crippen LogP contribution in [0.5, 0.6) is 0 Å². The molecule has 0 spiro atoms. The van der Waals surface area contributed by atoms with Gasteiger partial charge in [0, 0.05) is 45.3 Å². The smallest absolute Gasteiger partial charge is 0.217 e. The Kier molecular flexibility index (Phi) is 5.91. The average molecular weight is 346 g/mol. The normalized spacial score (nSPS) is 28.0. The number of aliphatic hydroxyl groups is 1. The minimum absolute atomic E-state index is 0.0710. The fourth-order valence-corrected chi connectivity index (χ4v) is 4.25. The summed E-state index contributed by atoms with van der Waals surface area (Å²) in [5, 5.41) is 12.9. The standard InChI is InChI=1S/C19H30N4O2/c1-14(25)21-15-5-7-16(8-6-15)23-11-9-17(13-24)22(2)19-4-3-10-20-18(19)12-23/h3-4,10,15-17,24H,5-9,11-13H2,1-2H3,(H,21,25). The van der Waals surface area contributed by atoms with Crippen molar-refractivity contribution in [1.29, 1.82) is 0 Å². The Hall–Kier alpha value is -1.66. The molecule has 0 aromatic carbocycles. The first-order valence-electron chi connectivity index (χ1n) is 9.37. The van der Waals surface area contributed by atoms with E-state index in [9.17, 15) is 9.90 Å². The summed E-state index contributed by atoms with van der Waals surface area (Å²) in [6.07, 6.45) is 7.10. The van der Waals surface area contributed by atoms with Gasteiger partial charge in [0.1, 0.15) is 0 Å². The lowest BCUT2D eigenvalue weighted by molar-refractivity contribution is -0.119. The van der Waals surface area contributed by atoms with Crippen molar-refractivity contribution < 1.29 is 9.90 Å². The third kappa shape index (κ3) is 4.30. The van der Waals surface area contributed by atoms with Crippen LogP contribution in [0.3, 0.4) is 0 Å². The van der Waals surface area contributed by atoms with Gasteiger partial charge in [0.25, 0.3) is 0 Å². The van der Waals surface area contributed by atoms with Gasteiger partial charge in [-0.05, 0) is 44.2 Å². The average Bonchev–Trinajstić information content (AvgIpc) is 2.60. The lowest BCUT2D eigenvalue weighted by atomic mass is 9.89. The summed E-state index contributed by atoms with van der Waals surface area (Å²) in [5.41, 5.74) is 2.21. The van der Waals surface area contributed by atoms with Crippen molar-refractivity contribution in [3.8, 4) is 0 Å². The van der Waals surface area contributed by atoms with E-state index in [4.69, 9.17) is 0 Å². The fraction of sp³-hybridized carbons (Fsp3) is 0.684. The van der Waals surface area contributed by atoms with E-state index in [0.29, 0.717) is 12.1 Å². The first-order valence-corrected chi connectivity index (χ1v) is 9.37. The SMILES string of the molecule is CC(=O)NC1CCC(N2CCC(CO)N(C)c3cccnc3C2)CC1. The Morgan fingerprint density at radius 2 is 2.08 bits per heavy atom. The zero-order valence-corrected chi connectivity index (χ0v) is 15.3. The molecule has 1 unspecified atom stereocenters. The van der Waals surface area contributed by atoms with Crippen molar-refractivity contribution in [1.82, 2.24) is 15.2 Å². The second kappa shape index (κ2) is 8.15. The Morgan fingerprint density at radius 1 is 1.32 bits per heavy atom. The molecule has 6 nitrogen and oxygen atoms in total. The molecule has 1 aliphatic carbocycles. The molecular formula is C19H30N4O2. The van der Waals surface area contributed by atoms with Gasteiger partial charge < -0.3 is 15.3 Å². The molecule has 2 heterocycles. The maximum absolute atomic E-state index is 11.3. The van der Waals surface area contributed by atoms with Gasteiger partial charge in [0.05, 0.1) is 24.0 Å². The summed E-state index contributed by atoms with van der Waals surface area (Å²) in [6.45, 7) is 3.58. The number of carbonyl (C=O) groups excluding carboxylic acids is 1. The molecule has 1 saturated carbocycles. The molecule has 0 radical (unpaired) electrons. The summed E-state index contributed by atoms with van der Waals surface area (Å²) in [7, 11) is 2.05. The van der Waals surface area contributed by atoms with Crippen LogP contribution in [0, 0.1) is 0 Å². The van der Waals surface area contributed by atoms with E-state index >= 15 is 0 Å². The number of nitrogens with one attached hydrogen (secondary N) is 1. The molecule has 25 heavy (non-hydrogen) atoms. The number of rotatable bonds is 3. The second-order valence-electron chi connectivity index (χ2n) is 7.38. The molecule has 2 aliphatic rings. The number of aliphatic hydroxyl groups excluding tert-OH is 1. The van der Waals surface area contributed by atoms with Crippen LogP contribution >= 0.6 is 0 Å². The number of hydrogen-bond donors (Lipinski definition) is 2. The van der Waals surface area contributed by atoms with Crippen molar-refractivity contribution in [3.05, 3.63) is 24.0 Å². The Labute approximate surface area is 150 Å². The molecular weight excluding hydrogens is 316 g/mol. The highest BCUT2D eigenvalue weighted by molar-refractivity contribution is 5.73. The number of nitrogens with zero attached hydrogens (tertiary/aromatic N) is 3. The second-order valence-corrected chi connectivity index (χ2v) is 7.38. The summed E-state index contributed by atoms with van der Waals surface area (Å²) in [4.78, 5) is 20.6. The van der Waals surface area contributed by atoms with E-state index in [2.05, 4.69) is 33.2 Å². The summed E-state index contributed by atoms with van der Waals surface area (Å²) in [5.74, 6) is 0.0710. The summed E-state index contributed by atoms with van der Waals surface area (Å²) >= 11 is 0. The molecule has 3 rings (SSSR count). The van der Waals surface area contributed by atoms with Crippen LogP contribution in [0.4, 0.5) is 5.69 Å². The van der Waals surface area contributed by atoms with Crippen molar-refractivity contribution in [2.24, 2.45) is 0 Å². The van der Waals surface area contributed by atoms with Crippen molar-refractivity contribution >= 4 is 11.6 Å². The van der Waals surface area contributed by atoms with Gasteiger partial charge in [-0.1, -0.05) is 0 Å². The lowest BCUT2D eigenvalue weighted by Crippen LogP contribution is -2.47. The van der Waals surface area contributed by atoms with E-state index in [1.165, 1.54) is 0 Å². The van der Waals surface area contributed by atoms with Gasteiger partial charge in [0.15, 0.2) is 0 Å². The predicted octanol–water partition coefficient (Wildman–Crippen LogP) is 1.53. The van der Waals surface area contributed by atoms with Gasteiger partial charge in [-0.2, -0.15) is 0 Å². The van der Waals surface area contributed by atoms with E-state index in [-0.39, 0.29) is 18.6 Å². The highest BCUT2D eigenvalue weighted by Crippen LogP contribution is 2.29. The van der Waals surface area contributed by atoms with Gasteiger partial charge >= 0.3 is 0 Å². The first kappa shape index (κ1) is 18.1.